The maximum atomic E-state index is 9.19. The molecule has 3 nitrogen and oxygen atoms in total. The van der Waals surface area contributed by atoms with Crippen molar-refractivity contribution < 1.29 is 10.0 Å². The van der Waals surface area contributed by atoms with E-state index >= 15 is 0 Å². The van der Waals surface area contributed by atoms with Gasteiger partial charge in [-0.05, 0) is 28.4 Å². The molecule has 0 amide bonds. The lowest BCUT2D eigenvalue weighted by molar-refractivity contribution is 0.426. The molecule has 0 bridgehead atoms. The summed E-state index contributed by atoms with van der Waals surface area (Å²) >= 11 is 0. The van der Waals surface area contributed by atoms with Crippen molar-refractivity contribution in [3.8, 4) is 6.07 Å². The van der Waals surface area contributed by atoms with Crippen LogP contribution >= 0.6 is 0 Å². The fourth-order valence-electron chi connectivity index (χ4n) is 1.62. The number of benzene rings is 2. The topological polar surface area (TPSA) is 64.2 Å². The summed E-state index contributed by atoms with van der Waals surface area (Å²) in [5.74, 6) is 0. The summed E-state index contributed by atoms with van der Waals surface area (Å²) < 4.78 is 0. The second kappa shape index (κ2) is 3.74. The van der Waals surface area contributed by atoms with E-state index in [9.17, 15) is 10.0 Å². The minimum absolute atomic E-state index is 0.365. The van der Waals surface area contributed by atoms with Gasteiger partial charge in [-0.3, -0.25) is 0 Å². The Balaban J connectivity index is 2.82. The monoisotopic (exact) mass is 197 g/mol. The maximum absolute atomic E-state index is 9.19. The number of rotatable bonds is 1. The van der Waals surface area contributed by atoms with Crippen molar-refractivity contribution in [1.29, 1.82) is 5.26 Å². The lowest BCUT2D eigenvalue weighted by Crippen LogP contribution is -2.30. The maximum Gasteiger partial charge on any atom is 0.489 e. The first-order valence-corrected chi connectivity index (χ1v) is 4.51. The number of nitrogens with zero attached hydrogens (tertiary/aromatic N) is 1. The molecule has 0 unspecified atom stereocenters. The molecule has 0 radical (unpaired) electrons. The number of nitriles is 1. The smallest absolute Gasteiger partial charge is 0.423 e. The summed E-state index contributed by atoms with van der Waals surface area (Å²) in [6, 6.07) is 12.5. The molecule has 15 heavy (non-hydrogen) atoms. The molecule has 2 N–H and O–H groups in total. The van der Waals surface area contributed by atoms with E-state index in [1.54, 1.807) is 12.1 Å². The lowest BCUT2D eigenvalue weighted by atomic mass is 9.76. The zero-order chi connectivity index (χ0) is 10.8. The summed E-state index contributed by atoms with van der Waals surface area (Å²) in [4.78, 5) is 0. The van der Waals surface area contributed by atoms with Crippen molar-refractivity contribution in [3.63, 3.8) is 0 Å². The summed E-state index contributed by atoms with van der Waals surface area (Å²) in [5, 5.41) is 28.8. The van der Waals surface area contributed by atoms with Gasteiger partial charge in [0.15, 0.2) is 0 Å². The second-order valence-electron chi connectivity index (χ2n) is 3.27. The van der Waals surface area contributed by atoms with Crippen LogP contribution in [0, 0.1) is 11.3 Å². The first-order chi connectivity index (χ1) is 7.22. The Kier molecular flexibility index (Phi) is 2.42. The molecule has 0 heterocycles. The average Bonchev–Trinajstić information content (AvgIpc) is 2.27. The summed E-state index contributed by atoms with van der Waals surface area (Å²) in [6.45, 7) is 0. The number of fused-ring (bicyclic) bond motifs is 1. The van der Waals surface area contributed by atoms with E-state index in [0.717, 1.165) is 10.8 Å². The summed E-state index contributed by atoms with van der Waals surface area (Å²) in [5.41, 5.74) is 0.793. The summed E-state index contributed by atoms with van der Waals surface area (Å²) in [7, 11) is -1.55. The van der Waals surface area contributed by atoms with E-state index in [2.05, 4.69) is 0 Å². The van der Waals surface area contributed by atoms with Crippen LogP contribution in [0.5, 0.6) is 0 Å². The standard InChI is InChI=1S/C11H8BNO2/c13-7-8-5-9-3-1-2-4-10(9)11(6-8)12(14)15/h1-6,14-15H. The Hall–Kier alpha value is -1.83. The zero-order valence-electron chi connectivity index (χ0n) is 7.88. The van der Waals surface area contributed by atoms with Crippen molar-refractivity contribution in [2.45, 2.75) is 0 Å². The fourth-order valence-corrected chi connectivity index (χ4v) is 1.62. The Labute approximate surface area is 87.4 Å². The molecule has 0 aliphatic carbocycles. The molecule has 0 spiro atoms. The van der Waals surface area contributed by atoms with Gasteiger partial charge in [0, 0.05) is 0 Å². The lowest BCUT2D eigenvalue weighted by Gasteiger charge is -2.05. The van der Waals surface area contributed by atoms with Crippen LogP contribution in [-0.2, 0) is 0 Å². The van der Waals surface area contributed by atoms with Crippen molar-refractivity contribution in [2.75, 3.05) is 0 Å². The van der Waals surface area contributed by atoms with E-state index in [1.807, 2.05) is 24.3 Å². The van der Waals surface area contributed by atoms with Crippen LogP contribution < -0.4 is 5.46 Å². The van der Waals surface area contributed by atoms with Gasteiger partial charge < -0.3 is 10.0 Å². The van der Waals surface area contributed by atoms with Crippen LogP contribution in [0.2, 0.25) is 0 Å². The normalized spacial score (nSPS) is 9.93. The van der Waals surface area contributed by atoms with Gasteiger partial charge in [0.2, 0.25) is 0 Å². The number of hydrogen-bond acceptors (Lipinski definition) is 3. The van der Waals surface area contributed by atoms with Crippen LogP contribution in [0.3, 0.4) is 0 Å². The highest BCUT2D eigenvalue weighted by atomic mass is 16.4. The Morgan fingerprint density at radius 2 is 1.87 bits per heavy atom. The first kappa shape index (κ1) is 9.72. The summed E-state index contributed by atoms with van der Waals surface area (Å²) in [6.07, 6.45) is 0. The molecule has 2 aromatic carbocycles. The highest BCUT2D eigenvalue weighted by Crippen LogP contribution is 2.13. The Morgan fingerprint density at radius 1 is 1.13 bits per heavy atom. The van der Waals surface area contributed by atoms with Gasteiger partial charge in [-0.15, -0.1) is 0 Å². The van der Waals surface area contributed by atoms with Crippen LogP contribution in [0.15, 0.2) is 36.4 Å². The molecule has 2 rings (SSSR count). The first-order valence-electron chi connectivity index (χ1n) is 4.51. The predicted molar refractivity (Wildman–Crippen MR) is 58.5 cm³/mol. The van der Waals surface area contributed by atoms with Crippen LogP contribution in [0.25, 0.3) is 10.8 Å². The Morgan fingerprint density at radius 3 is 2.53 bits per heavy atom. The van der Waals surface area contributed by atoms with E-state index in [0.29, 0.717) is 11.0 Å². The number of hydrogen-bond donors (Lipinski definition) is 2. The quantitative estimate of drug-likeness (QED) is 0.650. The van der Waals surface area contributed by atoms with Crippen molar-refractivity contribution >= 4 is 23.4 Å². The van der Waals surface area contributed by atoms with Crippen LogP contribution in [0.1, 0.15) is 5.56 Å². The van der Waals surface area contributed by atoms with Crippen LogP contribution in [0.4, 0.5) is 0 Å². The molecule has 0 aliphatic heterocycles. The molecule has 0 atom stereocenters. The largest absolute Gasteiger partial charge is 0.489 e. The van der Waals surface area contributed by atoms with Gasteiger partial charge in [-0.1, -0.05) is 24.3 Å². The van der Waals surface area contributed by atoms with E-state index in [1.165, 1.54) is 6.07 Å². The van der Waals surface area contributed by atoms with Crippen molar-refractivity contribution in [3.05, 3.63) is 42.0 Å². The van der Waals surface area contributed by atoms with E-state index in [4.69, 9.17) is 5.26 Å². The van der Waals surface area contributed by atoms with Crippen molar-refractivity contribution in [1.82, 2.24) is 0 Å². The van der Waals surface area contributed by atoms with Gasteiger partial charge >= 0.3 is 7.12 Å². The van der Waals surface area contributed by atoms with Gasteiger partial charge in [0.25, 0.3) is 0 Å². The molecule has 4 heteroatoms. The molecular weight excluding hydrogens is 189 g/mol. The third-order valence-corrected chi connectivity index (χ3v) is 2.30. The third kappa shape index (κ3) is 1.71. The van der Waals surface area contributed by atoms with Gasteiger partial charge in [-0.25, -0.2) is 0 Å². The average molecular weight is 197 g/mol. The molecule has 0 saturated heterocycles. The zero-order valence-corrected chi connectivity index (χ0v) is 7.88. The molecule has 0 aromatic heterocycles. The molecule has 72 valence electrons. The van der Waals surface area contributed by atoms with Gasteiger partial charge in [-0.2, -0.15) is 5.26 Å². The Bertz CT molecular complexity index is 546. The molecule has 2 aromatic rings. The minimum Gasteiger partial charge on any atom is -0.423 e. The second-order valence-corrected chi connectivity index (χ2v) is 3.27. The minimum atomic E-state index is -1.55. The molecule has 0 fully saturated rings. The highest BCUT2D eigenvalue weighted by molar-refractivity contribution is 6.62. The third-order valence-electron chi connectivity index (χ3n) is 2.30. The van der Waals surface area contributed by atoms with E-state index < -0.39 is 7.12 Å². The molecule has 0 saturated carbocycles. The van der Waals surface area contributed by atoms with Crippen LogP contribution in [-0.4, -0.2) is 17.2 Å². The van der Waals surface area contributed by atoms with E-state index in [-0.39, 0.29) is 0 Å². The molecule has 0 aliphatic rings. The fraction of sp³-hybridized carbons (Fsp3) is 0. The highest BCUT2D eigenvalue weighted by Gasteiger charge is 2.15. The van der Waals surface area contributed by atoms with Gasteiger partial charge in [0.05, 0.1) is 11.6 Å². The predicted octanol–water partition coefficient (Wildman–Crippen LogP) is 0.391. The SMILES string of the molecule is N#Cc1cc(B(O)O)c2ccccc2c1. The van der Waals surface area contributed by atoms with Gasteiger partial charge in [0.1, 0.15) is 0 Å². The molecular formula is C11H8BNO2. The van der Waals surface area contributed by atoms with Crippen molar-refractivity contribution in [2.24, 2.45) is 0 Å².